The van der Waals surface area contributed by atoms with Crippen LogP contribution in [0.4, 0.5) is 0 Å². The van der Waals surface area contributed by atoms with Gasteiger partial charge in [-0.2, -0.15) is 5.10 Å². The summed E-state index contributed by atoms with van der Waals surface area (Å²) in [4.78, 5) is 0. The van der Waals surface area contributed by atoms with E-state index in [1.165, 1.54) is 11.1 Å². The molecule has 4 heteroatoms. The normalized spacial score (nSPS) is 10.7. The molecule has 16 heavy (non-hydrogen) atoms. The number of nitrogens with two attached hydrogens (primary N) is 1. The Bertz CT molecular complexity index is 491. The van der Waals surface area contributed by atoms with Gasteiger partial charge in [-0.15, -0.1) is 0 Å². The molecular weight excluding hydrogens is 266 g/mol. The maximum Gasteiger partial charge on any atom is 0.0715 e. The lowest BCUT2D eigenvalue weighted by molar-refractivity contribution is 0.899. The zero-order valence-electron chi connectivity index (χ0n) is 9.13. The Labute approximate surface area is 103 Å². The van der Waals surface area contributed by atoms with Gasteiger partial charge >= 0.3 is 0 Å². The molecule has 0 radical (unpaired) electrons. The predicted molar refractivity (Wildman–Crippen MR) is 69.2 cm³/mol. The van der Waals surface area contributed by atoms with E-state index in [9.17, 15) is 0 Å². The molecule has 0 atom stereocenters. The summed E-state index contributed by atoms with van der Waals surface area (Å²) in [5.41, 5.74) is 10.1. The number of nitrogens with one attached hydrogen (secondary N) is 1. The molecule has 2 aromatic rings. The standard InChI is InChI=1S/C12H14BrN3/c1-8-12(11(5-6-14)16-15-8)9-3-2-4-10(13)7-9/h2-4,7H,5-6,14H2,1H3,(H,15,16). The molecule has 0 aliphatic carbocycles. The maximum atomic E-state index is 5.58. The molecule has 0 bridgehead atoms. The first-order chi connectivity index (χ1) is 7.72. The summed E-state index contributed by atoms with van der Waals surface area (Å²) in [6.45, 7) is 2.65. The molecule has 0 saturated heterocycles. The average molecular weight is 280 g/mol. The van der Waals surface area contributed by atoms with Crippen LogP contribution in [0.15, 0.2) is 28.7 Å². The van der Waals surface area contributed by atoms with E-state index in [1.807, 2.05) is 19.1 Å². The topological polar surface area (TPSA) is 54.7 Å². The molecule has 0 spiro atoms. The largest absolute Gasteiger partial charge is 0.330 e. The van der Waals surface area contributed by atoms with Crippen LogP contribution in [0, 0.1) is 6.92 Å². The van der Waals surface area contributed by atoms with Crippen molar-refractivity contribution in [2.24, 2.45) is 5.73 Å². The molecule has 0 aliphatic heterocycles. The van der Waals surface area contributed by atoms with Crippen molar-refractivity contribution < 1.29 is 0 Å². The smallest absolute Gasteiger partial charge is 0.0715 e. The van der Waals surface area contributed by atoms with E-state index >= 15 is 0 Å². The molecule has 3 nitrogen and oxygen atoms in total. The molecule has 0 unspecified atom stereocenters. The number of halogens is 1. The summed E-state index contributed by atoms with van der Waals surface area (Å²) in [5.74, 6) is 0. The van der Waals surface area contributed by atoms with Crippen LogP contribution in [0.5, 0.6) is 0 Å². The number of hydrogen-bond acceptors (Lipinski definition) is 2. The van der Waals surface area contributed by atoms with Gasteiger partial charge in [-0.3, -0.25) is 5.10 Å². The fourth-order valence-electron chi connectivity index (χ4n) is 1.82. The molecule has 1 heterocycles. The second kappa shape index (κ2) is 4.80. The Morgan fingerprint density at radius 2 is 2.25 bits per heavy atom. The van der Waals surface area contributed by atoms with Gasteiger partial charge in [0.05, 0.1) is 5.69 Å². The summed E-state index contributed by atoms with van der Waals surface area (Å²) < 4.78 is 1.07. The molecule has 3 N–H and O–H groups in total. The number of nitrogens with zero attached hydrogens (tertiary/aromatic N) is 1. The van der Waals surface area contributed by atoms with Gasteiger partial charge in [0.25, 0.3) is 0 Å². The van der Waals surface area contributed by atoms with Crippen molar-refractivity contribution in [2.45, 2.75) is 13.3 Å². The summed E-state index contributed by atoms with van der Waals surface area (Å²) >= 11 is 3.48. The molecule has 0 amide bonds. The Hall–Kier alpha value is -1.13. The van der Waals surface area contributed by atoms with E-state index in [0.29, 0.717) is 6.54 Å². The van der Waals surface area contributed by atoms with Crippen LogP contribution in [0.2, 0.25) is 0 Å². The van der Waals surface area contributed by atoms with Crippen LogP contribution >= 0.6 is 15.9 Å². The molecule has 2 rings (SSSR count). The van der Waals surface area contributed by atoms with Gasteiger partial charge in [-0.25, -0.2) is 0 Å². The van der Waals surface area contributed by atoms with Gasteiger partial charge in [0, 0.05) is 22.2 Å². The Morgan fingerprint density at radius 3 is 2.94 bits per heavy atom. The quantitative estimate of drug-likeness (QED) is 0.908. The zero-order chi connectivity index (χ0) is 11.5. The monoisotopic (exact) mass is 279 g/mol. The van der Waals surface area contributed by atoms with Crippen LogP contribution in [0.1, 0.15) is 11.4 Å². The fraction of sp³-hybridized carbons (Fsp3) is 0.250. The van der Waals surface area contributed by atoms with E-state index in [2.05, 4.69) is 38.3 Å². The fourth-order valence-corrected chi connectivity index (χ4v) is 2.22. The van der Waals surface area contributed by atoms with Crippen LogP contribution in [-0.4, -0.2) is 16.7 Å². The van der Waals surface area contributed by atoms with Gasteiger partial charge < -0.3 is 5.73 Å². The number of aromatic nitrogens is 2. The number of H-pyrrole nitrogens is 1. The second-order valence-electron chi connectivity index (χ2n) is 3.72. The van der Waals surface area contributed by atoms with Gasteiger partial charge in [0.15, 0.2) is 0 Å². The van der Waals surface area contributed by atoms with Crippen LogP contribution in [0.25, 0.3) is 11.1 Å². The summed E-state index contributed by atoms with van der Waals surface area (Å²) in [5, 5.41) is 7.31. The minimum atomic E-state index is 0.616. The van der Waals surface area contributed by atoms with E-state index in [-0.39, 0.29) is 0 Å². The summed E-state index contributed by atoms with van der Waals surface area (Å²) in [6, 6.07) is 8.22. The van der Waals surface area contributed by atoms with Crippen molar-refractivity contribution in [2.75, 3.05) is 6.54 Å². The van der Waals surface area contributed by atoms with Crippen molar-refractivity contribution >= 4 is 15.9 Å². The first-order valence-electron chi connectivity index (χ1n) is 5.22. The highest BCUT2D eigenvalue weighted by Gasteiger charge is 2.11. The number of aromatic amines is 1. The Balaban J connectivity index is 2.50. The number of aryl methyl sites for hydroxylation is 1. The van der Waals surface area contributed by atoms with E-state index in [0.717, 1.165) is 22.3 Å². The molecular formula is C12H14BrN3. The molecule has 0 fully saturated rings. The molecule has 1 aromatic carbocycles. The van der Waals surface area contributed by atoms with Gasteiger partial charge in [0.2, 0.25) is 0 Å². The van der Waals surface area contributed by atoms with Crippen molar-refractivity contribution in [3.63, 3.8) is 0 Å². The Kier molecular flexibility index (Phi) is 3.41. The predicted octanol–water partition coefficient (Wildman–Crippen LogP) is 2.65. The van der Waals surface area contributed by atoms with Crippen LogP contribution in [-0.2, 0) is 6.42 Å². The lowest BCUT2D eigenvalue weighted by Gasteiger charge is -2.03. The van der Waals surface area contributed by atoms with Crippen molar-refractivity contribution in [1.82, 2.24) is 10.2 Å². The van der Waals surface area contributed by atoms with E-state index < -0.39 is 0 Å². The molecule has 1 aromatic heterocycles. The van der Waals surface area contributed by atoms with Crippen molar-refractivity contribution in [3.8, 4) is 11.1 Å². The van der Waals surface area contributed by atoms with Gasteiger partial charge in [0.1, 0.15) is 0 Å². The van der Waals surface area contributed by atoms with Crippen LogP contribution in [0.3, 0.4) is 0 Å². The molecule has 84 valence electrons. The minimum absolute atomic E-state index is 0.616. The highest BCUT2D eigenvalue weighted by molar-refractivity contribution is 9.10. The molecule has 0 saturated carbocycles. The molecule has 0 aliphatic rings. The third-order valence-electron chi connectivity index (χ3n) is 2.52. The van der Waals surface area contributed by atoms with Gasteiger partial charge in [-0.05, 0) is 31.2 Å². The first kappa shape index (κ1) is 11.4. The van der Waals surface area contributed by atoms with Gasteiger partial charge in [-0.1, -0.05) is 28.1 Å². The summed E-state index contributed by atoms with van der Waals surface area (Å²) in [7, 11) is 0. The lowest BCUT2D eigenvalue weighted by Crippen LogP contribution is -2.04. The number of benzene rings is 1. The van der Waals surface area contributed by atoms with E-state index in [1.54, 1.807) is 0 Å². The Morgan fingerprint density at radius 1 is 1.44 bits per heavy atom. The van der Waals surface area contributed by atoms with Crippen molar-refractivity contribution in [3.05, 3.63) is 40.1 Å². The number of rotatable bonds is 3. The highest BCUT2D eigenvalue weighted by atomic mass is 79.9. The maximum absolute atomic E-state index is 5.58. The van der Waals surface area contributed by atoms with E-state index in [4.69, 9.17) is 5.73 Å². The van der Waals surface area contributed by atoms with Crippen molar-refractivity contribution in [1.29, 1.82) is 0 Å². The zero-order valence-corrected chi connectivity index (χ0v) is 10.7. The second-order valence-corrected chi connectivity index (χ2v) is 4.63. The minimum Gasteiger partial charge on any atom is -0.330 e. The summed E-state index contributed by atoms with van der Waals surface area (Å²) in [6.07, 6.45) is 0.798. The SMILES string of the molecule is Cc1[nH]nc(CCN)c1-c1cccc(Br)c1. The average Bonchev–Trinajstić information content (AvgIpc) is 2.60. The lowest BCUT2D eigenvalue weighted by atomic mass is 10.0. The third kappa shape index (κ3) is 2.18. The number of hydrogen-bond donors (Lipinski definition) is 2. The van der Waals surface area contributed by atoms with Crippen LogP contribution < -0.4 is 5.73 Å². The first-order valence-corrected chi connectivity index (χ1v) is 6.01. The third-order valence-corrected chi connectivity index (χ3v) is 3.01. The highest BCUT2D eigenvalue weighted by Crippen LogP contribution is 2.28.